The Labute approximate surface area is 132 Å². The molecule has 0 saturated heterocycles. The Balaban J connectivity index is 2.21. The number of hydrogen-bond donors (Lipinski definition) is 1. The predicted octanol–water partition coefficient (Wildman–Crippen LogP) is 3.52. The summed E-state index contributed by atoms with van der Waals surface area (Å²) in [6, 6.07) is 5.25. The van der Waals surface area contributed by atoms with E-state index < -0.39 is 5.97 Å². The lowest BCUT2D eigenvalue weighted by atomic mass is 10.2. The van der Waals surface area contributed by atoms with E-state index >= 15 is 0 Å². The largest absolute Gasteiger partial charge is 0.462 e. The minimum absolute atomic E-state index is 0.316. The van der Waals surface area contributed by atoms with Crippen LogP contribution >= 0.6 is 23.2 Å². The fourth-order valence-corrected chi connectivity index (χ4v) is 2.42. The molecule has 0 atom stereocenters. The quantitative estimate of drug-likeness (QED) is 0.854. The number of carbonyl (C=O) groups excluding carboxylic acids is 1. The summed E-state index contributed by atoms with van der Waals surface area (Å²) in [7, 11) is 1.76. The van der Waals surface area contributed by atoms with Gasteiger partial charge in [-0.1, -0.05) is 29.3 Å². The maximum absolute atomic E-state index is 11.9. The third-order valence-electron chi connectivity index (χ3n) is 2.95. The third kappa shape index (κ3) is 3.49. The Kier molecular flexibility index (Phi) is 5.09. The van der Waals surface area contributed by atoms with Gasteiger partial charge in [0.1, 0.15) is 5.56 Å². The Morgan fingerprint density at radius 1 is 1.38 bits per heavy atom. The average Bonchev–Trinajstić information content (AvgIpc) is 2.80. The van der Waals surface area contributed by atoms with Crippen LogP contribution < -0.4 is 5.32 Å². The van der Waals surface area contributed by atoms with Gasteiger partial charge in [0, 0.05) is 7.05 Å². The molecule has 0 radical (unpaired) electrons. The van der Waals surface area contributed by atoms with Crippen molar-refractivity contribution in [3.05, 3.63) is 45.7 Å². The molecule has 0 aliphatic carbocycles. The summed E-state index contributed by atoms with van der Waals surface area (Å²) in [5, 5.41) is 8.25. The topological polar surface area (TPSA) is 56.1 Å². The van der Waals surface area contributed by atoms with Crippen molar-refractivity contribution in [2.24, 2.45) is 7.05 Å². The van der Waals surface area contributed by atoms with Crippen LogP contribution in [0.15, 0.2) is 24.4 Å². The van der Waals surface area contributed by atoms with Crippen molar-refractivity contribution >= 4 is 34.9 Å². The smallest absolute Gasteiger partial charge is 0.341 e. The van der Waals surface area contributed by atoms with Gasteiger partial charge < -0.3 is 10.1 Å². The monoisotopic (exact) mass is 327 g/mol. The SMILES string of the molecule is CCOC(=O)c1cnn(C)c1CNc1c(Cl)cccc1Cl. The summed E-state index contributed by atoms with van der Waals surface area (Å²) in [5.41, 5.74) is 1.75. The van der Waals surface area contributed by atoms with Gasteiger partial charge in [-0.3, -0.25) is 4.68 Å². The van der Waals surface area contributed by atoms with Gasteiger partial charge >= 0.3 is 5.97 Å². The second kappa shape index (κ2) is 6.83. The lowest BCUT2D eigenvalue weighted by molar-refractivity contribution is 0.0525. The Bertz CT molecular complexity index is 635. The number of ether oxygens (including phenoxy) is 1. The van der Waals surface area contributed by atoms with E-state index in [1.807, 2.05) is 0 Å². The molecule has 21 heavy (non-hydrogen) atoms. The van der Waals surface area contributed by atoms with Crippen LogP contribution in [0.25, 0.3) is 0 Å². The van der Waals surface area contributed by atoms with Crippen molar-refractivity contribution in [1.82, 2.24) is 9.78 Å². The molecule has 0 fully saturated rings. The zero-order valence-electron chi connectivity index (χ0n) is 11.7. The summed E-state index contributed by atoms with van der Waals surface area (Å²) >= 11 is 12.2. The van der Waals surface area contributed by atoms with Gasteiger partial charge in [0.05, 0.1) is 40.8 Å². The molecule has 0 unspecified atom stereocenters. The highest BCUT2D eigenvalue weighted by Gasteiger charge is 2.17. The number of nitrogens with zero attached hydrogens (tertiary/aromatic N) is 2. The zero-order valence-corrected chi connectivity index (χ0v) is 13.2. The van der Waals surface area contributed by atoms with Crippen molar-refractivity contribution < 1.29 is 9.53 Å². The molecular weight excluding hydrogens is 313 g/mol. The van der Waals surface area contributed by atoms with E-state index in [-0.39, 0.29) is 0 Å². The molecular formula is C14H15Cl2N3O2. The number of anilines is 1. The van der Waals surface area contributed by atoms with Crippen LogP contribution in [0, 0.1) is 0 Å². The van der Waals surface area contributed by atoms with Crippen molar-refractivity contribution in [3.63, 3.8) is 0 Å². The lowest BCUT2D eigenvalue weighted by Crippen LogP contribution is -2.12. The van der Waals surface area contributed by atoms with Crippen LogP contribution in [0.5, 0.6) is 0 Å². The highest BCUT2D eigenvalue weighted by Crippen LogP contribution is 2.30. The highest BCUT2D eigenvalue weighted by atomic mass is 35.5. The van der Waals surface area contributed by atoms with Gasteiger partial charge in [-0.15, -0.1) is 0 Å². The summed E-state index contributed by atoms with van der Waals surface area (Å²) in [4.78, 5) is 11.9. The number of esters is 1. The molecule has 1 N–H and O–H groups in total. The molecule has 0 saturated carbocycles. The van der Waals surface area contributed by atoms with Crippen LogP contribution in [0.4, 0.5) is 5.69 Å². The van der Waals surface area contributed by atoms with E-state index in [1.165, 1.54) is 6.20 Å². The van der Waals surface area contributed by atoms with Gasteiger partial charge in [-0.25, -0.2) is 4.79 Å². The molecule has 1 heterocycles. The average molecular weight is 328 g/mol. The number of aryl methyl sites for hydroxylation is 1. The third-order valence-corrected chi connectivity index (χ3v) is 3.58. The van der Waals surface area contributed by atoms with Crippen LogP contribution in [0.3, 0.4) is 0 Å². The second-order valence-corrected chi connectivity index (χ2v) is 5.11. The number of halogens is 2. The number of nitrogens with one attached hydrogen (secondary N) is 1. The van der Waals surface area contributed by atoms with E-state index in [2.05, 4.69) is 10.4 Å². The van der Waals surface area contributed by atoms with E-state index in [0.717, 1.165) is 0 Å². The summed E-state index contributed by atoms with van der Waals surface area (Å²) in [5.74, 6) is -0.396. The molecule has 0 amide bonds. The highest BCUT2D eigenvalue weighted by molar-refractivity contribution is 6.39. The van der Waals surface area contributed by atoms with E-state index in [0.29, 0.717) is 40.1 Å². The maximum Gasteiger partial charge on any atom is 0.341 e. The van der Waals surface area contributed by atoms with Gasteiger partial charge in [0.15, 0.2) is 0 Å². The molecule has 0 aliphatic heterocycles. The lowest BCUT2D eigenvalue weighted by Gasteiger charge is -2.11. The molecule has 7 heteroatoms. The van der Waals surface area contributed by atoms with Gasteiger partial charge in [-0.2, -0.15) is 5.10 Å². The van der Waals surface area contributed by atoms with E-state index in [4.69, 9.17) is 27.9 Å². The van der Waals surface area contributed by atoms with Crippen LogP contribution in [0.1, 0.15) is 23.0 Å². The first-order chi connectivity index (χ1) is 10.0. The summed E-state index contributed by atoms with van der Waals surface area (Å²) < 4.78 is 6.62. The van der Waals surface area contributed by atoms with Gasteiger partial charge in [0.25, 0.3) is 0 Å². The fraction of sp³-hybridized carbons (Fsp3) is 0.286. The molecule has 1 aromatic carbocycles. The van der Waals surface area contributed by atoms with Crippen molar-refractivity contribution in [2.75, 3.05) is 11.9 Å². The van der Waals surface area contributed by atoms with Crippen LogP contribution in [0.2, 0.25) is 10.0 Å². The Morgan fingerprint density at radius 2 is 2.05 bits per heavy atom. The Morgan fingerprint density at radius 3 is 2.67 bits per heavy atom. The Hall–Kier alpha value is -1.72. The van der Waals surface area contributed by atoms with Crippen molar-refractivity contribution in [2.45, 2.75) is 13.5 Å². The normalized spacial score (nSPS) is 10.5. The minimum atomic E-state index is -0.396. The number of aromatic nitrogens is 2. The van der Waals surface area contributed by atoms with Gasteiger partial charge in [-0.05, 0) is 19.1 Å². The van der Waals surface area contributed by atoms with Crippen molar-refractivity contribution in [3.8, 4) is 0 Å². The minimum Gasteiger partial charge on any atom is -0.462 e. The first kappa shape index (κ1) is 15.7. The first-order valence-electron chi connectivity index (χ1n) is 6.40. The van der Waals surface area contributed by atoms with Crippen LogP contribution in [-0.2, 0) is 18.3 Å². The molecule has 2 rings (SSSR count). The van der Waals surface area contributed by atoms with Crippen molar-refractivity contribution in [1.29, 1.82) is 0 Å². The fourth-order valence-electron chi connectivity index (χ4n) is 1.89. The molecule has 0 aliphatic rings. The summed E-state index contributed by atoms with van der Waals surface area (Å²) in [6.07, 6.45) is 1.49. The molecule has 0 bridgehead atoms. The summed E-state index contributed by atoms with van der Waals surface area (Å²) in [6.45, 7) is 2.43. The number of para-hydroxylation sites is 1. The maximum atomic E-state index is 11.9. The molecule has 5 nitrogen and oxygen atoms in total. The number of carbonyl (C=O) groups is 1. The standard InChI is InChI=1S/C14H15Cl2N3O2/c1-3-21-14(20)9-7-18-19(2)12(9)8-17-13-10(15)5-4-6-11(13)16/h4-7,17H,3,8H2,1-2H3. The number of rotatable bonds is 5. The molecule has 1 aromatic heterocycles. The second-order valence-electron chi connectivity index (χ2n) is 4.30. The van der Waals surface area contributed by atoms with E-state index in [1.54, 1.807) is 36.9 Å². The molecule has 0 spiro atoms. The zero-order chi connectivity index (χ0) is 15.4. The predicted molar refractivity (Wildman–Crippen MR) is 83.0 cm³/mol. The molecule has 2 aromatic rings. The first-order valence-corrected chi connectivity index (χ1v) is 7.16. The molecule has 112 valence electrons. The number of benzene rings is 1. The van der Waals surface area contributed by atoms with Crippen LogP contribution in [-0.4, -0.2) is 22.4 Å². The van der Waals surface area contributed by atoms with E-state index in [9.17, 15) is 4.79 Å². The van der Waals surface area contributed by atoms with Gasteiger partial charge in [0.2, 0.25) is 0 Å². The number of hydrogen-bond acceptors (Lipinski definition) is 4.